The number of hydrogen-bond acceptors (Lipinski definition) is 4. The molecule has 122 valence electrons. The topological polar surface area (TPSA) is 64.4 Å². The number of aromatic nitrogens is 1. The fourth-order valence-corrected chi connectivity index (χ4v) is 2.28. The number of nitrogens with zero attached hydrogens (tertiary/aromatic N) is 1. The third kappa shape index (κ3) is 3.63. The first kappa shape index (κ1) is 15.8. The van der Waals surface area contributed by atoms with Gasteiger partial charge in [-0.3, -0.25) is 4.79 Å². The average molecular weight is 322 g/mol. The first-order valence-corrected chi connectivity index (χ1v) is 7.68. The number of ether oxygens (including phenoxy) is 1. The third-order valence-corrected chi connectivity index (χ3v) is 3.51. The zero-order valence-corrected chi connectivity index (χ0v) is 13.5. The van der Waals surface area contributed by atoms with Crippen molar-refractivity contribution < 1.29 is 13.9 Å². The molecule has 0 bridgehead atoms. The van der Waals surface area contributed by atoms with Crippen LogP contribution in [0.3, 0.4) is 0 Å². The number of hydrogen-bond donors (Lipinski definition) is 1. The summed E-state index contributed by atoms with van der Waals surface area (Å²) in [5.41, 5.74) is 0.372. The van der Waals surface area contributed by atoms with Gasteiger partial charge in [-0.05, 0) is 50.2 Å². The Hall–Kier alpha value is -3.08. The summed E-state index contributed by atoms with van der Waals surface area (Å²) in [4.78, 5) is 16.7. The first-order chi connectivity index (χ1) is 11.6. The van der Waals surface area contributed by atoms with Crippen LogP contribution < -0.4 is 10.1 Å². The summed E-state index contributed by atoms with van der Waals surface area (Å²) in [6, 6.07) is 16.1. The number of amides is 1. The number of para-hydroxylation sites is 1. The SMILES string of the molecule is Cc1ccc(C(C)NC(=O)c2cccnc2Oc2ccccc2)o1. The molecule has 0 fully saturated rings. The molecule has 24 heavy (non-hydrogen) atoms. The highest BCUT2D eigenvalue weighted by Gasteiger charge is 2.18. The summed E-state index contributed by atoms with van der Waals surface area (Å²) in [6.45, 7) is 3.73. The molecule has 1 unspecified atom stereocenters. The quantitative estimate of drug-likeness (QED) is 0.762. The molecular weight excluding hydrogens is 304 g/mol. The lowest BCUT2D eigenvalue weighted by Gasteiger charge is -2.13. The van der Waals surface area contributed by atoms with E-state index >= 15 is 0 Å². The zero-order valence-electron chi connectivity index (χ0n) is 13.5. The van der Waals surface area contributed by atoms with Gasteiger partial charge in [0.2, 0.25) is 5.88 Å². The first-order valence-electron chi connectivity index (χ1n) is 7.68. The van der Waals surface area contributed by atoms with Crippen molar-refractivity contribution in [2.24, 2.45) is 0 Å². The van der Waals surface area contributed by atoms with Gasteiger partial charge < -0.3 is 14.5 Å². The van der Waals surface area contributed by atoms with Gasteiger partial charge in [-0.15, -0.1) is 0 Å². The van der Waals surface area contributed by atoms with Crippen molar-refractivity contribution >= 4 is 5.91 Å². The predicted molar refractivity (Wildman–Crippen MR) is 90.1 cm³/mol. The van der Waals surface area contributed by atoms with Crippen LogP contribution in [0.1, 0.15) is 34.8 Å². The molecule has 5 nitrogen and oxygen atoms in total. The van der Waals surface area contributed by atoms with Gasteiger partial charge in [0, 0.05) is 6.20 Å². The minimum atomic E-state index is -0.268. The highest BCUT2D eigenvalue weighted by molar-refractivity contribution is 5.96. The van der Waals surface area contributed by atoms with Crippen LogP contribution in [0.25, 0.3) is 0 Å². The van der Waals surface area contributed by atoms with E-state index in [9.17, 15) is 4.79 Å². The molecule has 0 spiro atoms. The number of pyridine rings is 1. The van der Waals surface area contributed by atoms with Crippen molar-refractivity contribution in [1.82, 2.24) is 10.3 Å². The number of furan rings is 1. The average Bonchev–Trinajstić information content (AvgIpc) is 3.03. The normalized spacial score (nSPS) is 11.8. The number of benzene rings is 1. The molecule has 2 aromatic heterocycles. The summed E-state index contributed by atoms with van der Waals surface area (Å²) in [6.07, 6.45) is 1.59. The lowest BCUT2D eigenvalue weighted by molar-refractivity contribution is 0.0932. The Balaban J connectivity index is 1.77. The lowest BCUT2D eigenvalue weighted by atomic mass is 10.2. The summed E-state index contributed by atoms with van der Waals surface area (Å²) in [7, 11) is 0. The predicted octanol–water partition coefficient (Wildman–Crippen LogP) is 4.27. The summed E-state index contributed by atoms with van der Waals surface area (Å²) in [5.74, 6) is 2.13. The monoisotopic (exact) mass is 322 g/mol. The highest BCUT2D eigenvalue weighted by Crippen LogP contribution is 2.23. The van der Waals surface area contributed by atoms with E-state index in [4.69, 9.17) is 9.15 Å². The Morgan fingerprint density at radius 1 is 1.12 bits per heavy atom. The molecule has 5 heteroatoms. The van der Waals surface area contributed by atoms with Crippen LogP contribution in [0.15, 0.2) is 65.2 Å². The Morgan fingerprint density at radius 3 is 2.62 bits per heavy atom. The second-order valence-corrected chi connectivity index (χ2v) is 5.41. The minimum absolute atomic E-state index is 0.254. The van der Waals surface area contributed by atoms with Gasteiger partial charge >= 0.3 is 0 Å². The standard InChI is InChI=1S/C19H18N2O3/c1-13-10-11-17(23-13)14(2)21-18(22)16-9-6-12-20-19(16)24-15-7-4-3-5-8-15/h3-12,14H,1-2H3,(H,21,22). The fraction of sp³-hybridized carbons (Fsp3) is 0.158. The Morgan fingerprint density at radius 2 is 1.92 bits per heavy atom. The Kier molecular flexibility index (Phi) is 4.61. The highest BCUT2D eigenvalue weighted by atomic mass is 16.5. The summed E-state index contributed by atoms with van der Waals surface area (Å²) >= 11 is 0. The van der Waals surface area contributed by atoms with Crippen LogP contribution in [0.4, 0.5) is 0 Å². The van der Waals surface area contributed by atoms with Crippen LogP contribution in [-0.2, 0) is 0 Å². The van der Waals surface area contributed by atoms with Gasteiger partial charge in [-0.2, -0.15) is 0 Å². The van der Waals surface area contributed by atoms with Crippen molar-refractivity contribution in [3.8, 4) is 11.6 Å². The van der Waals surface area contributed by atoms with Gasteiger partial charge in [0.15, 0.2) is 0 Å². The molecule has 0 radical (unpaired) electrons. The van der Waals surface area contributed by atoms with E-state index in [0.29, 0.717) is 17.1 Å². The van der Waals surface area contributed by atoms with Crippen LogP contribution in [0.2, 0.25) is 0 Å². The maximum Gasteiger partial charge on any atom is 0.257 e. The number of carbonyl (C=O) groups is 1. The minimum Gasteiger partial charge on any atom is -0.464 e. The molecule has 0 saturated carbocycles. The number of nitrogens with one attached hydrogen (secondary N) is 1. The summed E-state index contributed by atoms with van der Waals surface area (Å²) < 4.78 is 11.3. The van der Waals surface area contributed by atoms with Crippen LogP contribution in [0, 0.1) is 6.92 Å². The number of carbonyl (C=O) groups excluding carboxylic acids is 1. The molecular formula is C19H18N2O3. The van der Waals surface area contributed by atoms with Crippen molar-refractivity contribution in [1.29, 1.82) is 0 Å². The second-order valence-electron chi connectivity index (χ2n) is 5.41. The molecule has 0 aliphatic rings. The second kappa shape index (κ2) is 7.00. The van der Waals surface area contributed by atoms with Gasteiger partial charge in [0.25, 0.3) is 5.91 Å². The molecule has 1 N–H and O–H groups in total. The molecule has 0 saturated heterocycles. The van der Waals surface area contributed by atoms with E-state index in [2.05, 4.69) is 10.3 Å². The Bertz CT molecular complexity index is 827. The molecule has 1 aromatic carbocycles. The van der Waals surface area contributed by atoms with Crippen molar-refractivity contribution in [3.05, 3.63) is 77.9 Å². The van der Waals surface area contributed by atoms with Crippen molar-refractivity contribution in [2.45, 2.75) is 19.9 Å². The maximum atomic E-state index is 12.6. The van der Waals surface area contributed by atoms with E-state index in [-0.39, 0.29) is 17.8 Å². The number of aryl methyl sites for hydroxylation is 1. The molecule has 1 atom stereocenters. The van der Waals surface area contributed by atoms with E-state index in [0.717, 1.165) is 5.76 Å². The van der Waals surface area contributed by atoms with Crippen LogP contribution >= 0.6 is 0 Å². The van der Waals surface area contributed by atoms with Gasteiger partial charge in [0.1, 0.15) is 22.8 Å². The van der Waals surface area contributed by atoms with Crippen LogP contribution in [0.5, 0.6) is 11.6 Å². The largest absolute Gasteiger partial charge is 0.464 e. The third-order valence-electron chi connectivity index (χ3n) is 3.51. The fourth-order valence-electron chi connectivity index (χ4n) is 2.28. The smallest absolute Gasteiger partial charge is 0.257 e. The van der Waals surface area contributed by atoms with E-state index in [1.807, 2.05) is 56.3 Å². The number of rotatable bonds is 5. The van der Waals surface area contributed by atoms with E-state index < -0.39 is 0 Å². The maximum absolute atomic E-state index is 12.6. The molecule has 3 aromatic rings. The lowest BCUT2D eigenvalue weighted by Crippen LogP contribution is -2.26. The van der Waals surface area contributed by atoms with Crippen LogP contribution in [-0.4, -0.2) is 10.9 Å². The Labute approximate surface area is 140 Å². The van der Waals surface area contributed by atoms with E-state index in [1.165, 1.54) is 0 Å². The molecule has 2 heterocycles. The molecule has 3 rings (SSSR count). The molecule has 0 aliphatic carbocycles. The van der Waals surface area contributed by atoms with E-state index in [1.54, 1.807) is 18.3 Å². The molecule has 1 amide bonds. The van der Waals surface area contributed by atoms with Gasteiger partial charge in [0.05, 0.1) is 6.04 Å². The summed E-state index contributed by atoms with van der Waals surface area (Å²) in [5, 5.41) is 2.90. The van der Waals surface area contributed by atoms with Crippen molar-refractivity contribution in [2.75, 3.05) is 0 Å². The van der Waals surface area contributed by atoms with Crippen molar-refractivity contribution in [3.63, 3.8) is 0 Å². The van der Waals surface area contributed by atoms with Gasteiger partial charge in [-0.25, -0.2) is 4.98 Å². The van der Waals surface area contributed by atoms with Gasteiger partial charge in [-0.1, -0.05) is 18.2 Å². The molecule has 0 aliphatic heterocycles. The zero-order chi connectivity index (χ0) is 16.9.